The largest absolute Gasteiger partial charge is 0.477 e. The number of aryl methyl sites for hydroxylation is 1. The zero-order valence-electron chi connectivity index (χ0n) is 11.9. The minimum Gasteiger partial charge on any atom is -0.477 e. The molecule has 0 bridgehead atoms. The summed E-state index contributed by atoms with van der Waals surface area (Å²) in [6, 6.07) is 1.20. The molecule has 1 aliphatic rings. The Morgan fingerprint density at radius 2 is 2.19 bits per heavy atom. The average Bonchev–Trinajstić information content (AvgIpc) is 2.92. The third-order valence-electron chi connectivity index (χ3n) is 3.81. The Balaban J connectivity index is 2.33. The number of carbonyl (C=O) groups is 1. The molecule has 0 saturated carbocycles. The smallest absolute Gasteiger partial charge is 0.352 e. The first-order valence-electron chi connectivity index (χ1n) is 6.94. The van der Waals surface area contributed by atoms with Crippen LogP contribution in [0.3, 0.4) is 0 Å². The predicted molar refractivity (Wildman–Crippen MR) is 75.6 cm³/mol. The summed E-state index contributed by atoms with van der Waals surface area (Å²) in [6.07, 6.45) is 2.87. The van der Waals surface area contributed by atoms with Crippen molar-refractivity contribution in [2.45, 2.75) is 31.2 Å². The van der Waals surface area contributed by atoms with Crippen LogP contribution in [-0.4, -0.2) is 53.2 Å². The van der Waals surface area contributed by atoms with Crippen molar-refractivity contribution in [3.05, 3.63) is 18.0 Å². The average molecular weight is 316 g/mol. The highest BCUT2D eigenvalue weighted by atomic mass is 32.2. The Kier molecular flexibility index (Phi) is 4.70. The van der Waals surface area contributed by atoms with Crippen LogP contribution in [0.25, 0.3) is 0 Å². The quantitative estimate of drug-likeness (QED) is 0.828. The van der Waals surface area contributed by atoms with Crippen molar-refractivity contribution in [1.82, 2.24) is 8.87 Å². The number of nitrogens with zero attached hydrogens (tertiary/aromatic N) is 2. The zero-order chi connectivity index (χ0) is 15.6. The molecule has 0 spiro atoms. The minimum atomic E-state index is -3.71. The second-order valence-electron chi connectivity index (χ2n) is 5.21. The molecule has 1 aliphatic heterocycles. The van der Waals surface area contributed by atoms with E-state index in [4.69, 9.17) is 5.11 Å². The van der Waals surface area contributed by atoms with Crippen LogP contribution in [0.4, 0.5) is 0 Å². The summed E-state index contributed by atoms with van der Waals surface area (Å²) in [5, 5.41) is 18.3. The van der Waals surface area contributed by atoms with Crippen LogP contribution in [0, 0.1) is 5.92 Å². The van der Waals surface area contributed by atoms with Gasteiger partial charge in [-0.1, -0.05) is 0 Å². The summed E-state index contributed by atoms with van der Waals surface area (Å²) in [4.78, 5) is 11.1. The van der Waals surface area contributed by atoms with Gasteiger partial charge in [0.05, 0.1) is 0 Å². The summed E-state index contributed by atoms with van der Waals surface area (Å²) in [7, 11) is -3.71. The Morgan fingerprint density at radius 1 is 1.48 bits per heavy atom. The number of rotatable bonds is 5. The first-order chi connectivity index (χ1) is 9.90. The van der Waals surface area contributed by atoms with E-state index in [-0.39, 0.29) is 29.7 Å². The molecule has 0 aliphatic carbocycles. The first kappa shape index (κ1) is 16.0. The zero-order valence-corrected chi connectivity index (χ0v) is 12.7. The topological polar surface area (TPSA) is 99.8 Å². The summed E-state index contributed by atoms with van der Waals surface area (Å²) in [6.45, 7) is 2.78. The van der Waals surface area contributed by atoms with Crippen LogP contribution >= 0.6 is 0 Å². The van der Waals surface area contributed by atoms with E-state index in [1.54, 1.807) is 6.92 Å². The number of hydrogen-bond acceptors (Lipinski definition) is 4. The van der Waals surface area contributed by atoms with Gasteiger partial charge in [0, 0.05) is 32.4 Å². The second kappa shape index (κ2) is 6.17. The lowest BCUT2D eigenvalue weighted by atomic mass is 10.0. The molecule has 2 heterocycles. The minimum absolute atomic E-state index is 0.000315. The molecule has 2 rings (SSSR count). The van der Waals surface area contributed by atoms with Gasteiger partial charge in [-0.05, 0) is 31.7 Å². The third kappa shape index (κ3) is 3.12. The van der Waals surface area contributed by atoms with Crippen LogP contribution in [0.15, 0.2) is 17.2 Å². The van der Waals surface area contributed by atoms with Crippen LogP contribution in [0.1, 0.15) is 30.3 Å². The summed E-state index contributed by atoms with van der Waals surface area (Å²) in [5.74, 6) is -1.20. The highest BCUT2D eigenvalue weighted by molar-refractivity contribution is 7.89. The van der Waals surface area contributed by atoms with Crippen molar-refractivity contribution in [3.63, 3.8) is 0 Å². The van der Waals surface area contributed by atoms with E-state index in [0.29, 0.717) is 19.5 Å². The van der Waals surface area contributed by atoms with Crippen LogP contribution in [0.5, 0.6) is 0 Å². The highest BCUT2D eigenvalue weighted by Gasteiger charge is 2.31. The molecule has 0 aromatic carbocycles. The molecule has 1 fully saturated rings. The molecule has 1 unspecified atom stereocenters. The fourth-order valence-corrected chi connectivity index (χ4v) is 4.20. The van der Waals surface area contributed by atoms with Crippen molar-refractivity contribution in [3.8, 4) is 0 Å². The van der Waals surface area contributed by atoms with E-state index < -0.39 is 16.0 Å². The molecule has 1 aromatic heterocycles. The van der Waals surface area contributed by atoms with Crippen molar-refractivity contribution in [2.24, 2.45) is 5.92 Å². The van der Waals surface area contributed by atoms with E-state index in [9.17, 15) is 18.3 Å². The summed E-state index contributed by atoms with van der Waals surface area (Å²) >= 11 is 0. The van der Waals surface area contributed by atoms with Crippen LogP contribution in [-0.2, 0) is 16.6 Å². The van der Waals surface area contributed by atoms with Crippen molar-refractivity contribution >= 4 is 16.0 Å². The normalized spacial score (nSPS) is 20.6. The van der Waals surface area contributed by atoms with Crippen molar-refractivity contribution in [1.29, 1.82) is 0 Å². The fraction of sp³-hybridized carbons (Fsp3) is 0.615. The number of aliphatic hydroxyl groups is 1. The number of sulfonamides is 1. The fourth-order valence-electron chi connectivity index (χ4n) is 2.61. The second-order valence-corrected chi connectivity index (χ2v) is 7.14. The summed E-state index contributed by atoms with van der Waals surface area (Å²) in [5.41, 5.74) is -0.0354. The van der Waals surface area contributed by atoms with Crippen LogP contribution in [0.2, 0.25) is 0 Å². The number of carboxylic acids is 1. The molecule has 21 heavy (non-hydrogen) atoms. The number of aromatic nitrogens is 1. The number of piperidine rings is 1. The van der Waals surface area contributed by atoms with Gasteiger partial charge in [0.15, 0.2) is 0 Å². The van der Waals surface area contributed by atoms with Crippen LogP contribution < -0.4 is 0 Å². The lowest BCUT2D eigenvalue weighted by Crippen LogP contribution is -2.40. The van der Waals surface area contributed by atoms with E-state index in [1.165, 1.54) is 21.1 Å². The maximum Gasteiger partial charge on any atom is 0.352 e. The lowest BCUT2D eigenvalue weighted by molar-refractivity contribution is 0.0685. The van der Waals surface area contributed by atoms with Crippen molar-refractivity contribution in [2.75, 3.05) is 19.7 Å². The Bertz CT molecular complexity index is 623. The maximum absolute atomic E-state index is 12.6. The molecule has 118 valence electrons. The molecule has 0 radical (unpaired) electrons. The lowest BCUT2D eigenvalue weighted by Gasteiger charge is -2.30. The van der Waals surface area contributed by atoms with Gasteiger partial charge >= 0.3 is 5.97 Å². The molecular weight excluding hydrogens is 296 g/mol. The summed E-state index contributed by atoms with van der Waals surface area (Å²) < 4.78 is 27.9. The molecule has 0 amide bonds. The van der Waals surface area contributed by atoms with E-state index in [2.05, 4.69) is 0 Å². The van der Waals surface area contributed by atoms with E-state index >= 15 is 0 Å². The van der Waals surface area contributed by atoms with E-state index in [1.807, 2.05) is 0 Å². The monoisotopic (exact) mass is 316 g/mol. The molecule has 8 heteroatoms. The van der Waals surface area contributed by atoms with Gasteiger partial charge in [-0.2, -0.15) is 4.31 Å². The molecule has 1 aromatic rings. The number of hydrogen-bond donors (Lipinski definition) is 2. The van der Waals surface area contributed by atoms with Gasteiger partial charge in [-0.25, -0.2) is 13.2 Å². The van der Waals surface area contributed by atoms with E-state index in [0.717, 1.165) is 6.42 Å². The molecule has 7 nitrogen and oxygen atoms in total. The standard InChI is InChI=1S/C13H20N2O5S/c1-2-14-8-11(6-12(14)13(17)18)21(19,20)15-5-3-4-10(7-15)9-16/h6,8,10,16H,2-5,7,9H2,1H3,(H,17,18). The SMILES string of the molecule is CCn1cc(S(=O)(=O)N2CCCC(CO)C2)cc1C(=O)O. The molecule has 1 atom stereocenters. The van der Waals surface area contributed by atoms with Gasteiger partial charge in [0.1, 0.15) is 10.6 Å². The number of aliphatic hydroxyl groups excluding tert-OH is 1. The third-order valence-corrected chi connectivity index (χ3v) is 5.64. The van der Waals surface area contributed by atoms with Gasteiger partial charge < -0.3 is 14.8 Å². The number of aromatic carboxylic acids is 1. The molecule has 2 N–H and O–H groups in total. The van der Waals surface area contributed by atoms with Gasteiger partial charge in [-0.3, -0.25) is 0 Å². The highest BCUT2D eigenvalue weighted by Crippen LogP contribution is 2.25. The molecule has 1 saturated heterocycles. The van der Waals surface area contributed by atoms with Gasteiger partial charge in [-0.15, -0.1) is 0 Å². The van der Waals surface area contributed by atoms with Crippen molar-refractivity contribution < 1.29 is 23.4 Å². The Labute approximate surface area is 123 Å². The molecular formula is C13H20N2O5S. The first-order valence-corrected chi connectivity index (χ1v) is 8.38. The maximum atomic E-state index is 12.6. The Hall–Kier alpha value is -1.38. The number of carboxylic acid groups (broad SMARTS) is 1. The van der Waals surface area contributed by atoms with Gasteiger partial charge in [0.25, 0.3) is 0 Å². The Morgan fingerprint density at radius 3 is 2.71 bits per heavy atom. The van der Waals surface area contributed by atoms with Gasteiger partial charge in [0.2, 0.25) is 10.0 Å². The predicted octanol–water partition coefficient (Wildman–Crippen LogP) is 0.599.